The van der Waals surface area contributed by atoms with Gasteiger partial charge in [0.1, 0.15) is 5.76 Å². The molecular formula is C16H12N2O. The lowest BCUT2D eigenvalue weighted by molar-refractivity contribution is 0.313. The van der Waals surface area contributed by atoms with Crippen molar-refractivity contribution >= 4 is 6.08 Å². The minimum absolute atomic E-state index is 0.352. The van der Waals surface area contributed by atoms with Crippen molar-refractivity contribution in [3.8, 4) is 0 Å². The molecule has 0 unspecified atom stereocenters. The van der Waals surface area contributed by atoms with Gasteiger partial charge in [-0.1, -0.05) is 18.2 Å². The third kappa shape index (κ3) is 2.46. The molecular weight excluding hydrogens is 236 g/mol. The number of aromatic nitrogens is 1. The molecule has 0 N–H and O–H groups in total. The third-order valence-electron chi connectivity index (χ3n) is 2.83. The Morgan fingerprint density at radius 1 is 1.37 bits per heavy atom. The first-order chi connectivity index (χ1) is 9.33. The largest absolute Gasteiger partial charge is 0.439 e. The first-order valence-electron chi connectivity index (χ1n) is 6.02. The predicted octanol–water partition coefficient (Wildman–Crippen LogP) is 1.91. The monoisotopic (exact) mass is 248 g/mol. The molecule has 0 atom stereocenters. The van der Waals surface area contributed by atoms with Crippen LogP contribution in [0.3, 0.4) is 0 Å². The van der Waals surface area contributed by atoms with Crippen LogP contribution in [0.2, 0.25) is 0 Å². The van der Waals surface area contributed by atoms with E-state index in [1.807, 2.05) is 36.4 Å². The van der Waals surface area contributed by atoms with E-state index in [4.69, 9.17) is 4.74 Å². The summed E-state index contributed by atoms with van der Waals surface area (Å²) < 4.78 is 5.69. The molecule has 0 saturated heterocycles. The van der Waals surface area contributed by atoms with Gasteiger partial charge in [-0.05, 0) is 36.8 Å². The molecule has 0 fully saturated rings. The van der Waals surface area contributed by atoms with Gasteiger partial charge >= 0.3 is 0 Å². The molecule has 0 spiro atoms. The van der Waals surface area contributed by atoms with E-state index in [1.165, 1.54) is 0 Å². The van der Waals surface area contributed by atoms with E-state index in [-0.39, 0.29) is 0 Å². The van der Waals surface area contributed by atoms with Crippen molar-refractivity contribution in [3.05, 3.63) is 82.9 Å². The summed E-state index contributed by atoms with van der Waals surface area (Å²) in [7, 11) is 0. The molecule has 0 bridgehead atoms. The highest BCUT2D eigenvalue weighted by atomic mass is 16.5. The highest BCUT2D eigenvalue weighted by Gasteiger charge is 2.07. The summed E-state index contributed by atoms with van der Waals surface area (Å²) >= 11 is 0. The van der Waals surface area contributed by atoms with Crippen LogP contribution in [0.1, 0.15) is 6.42 Å². The Morgan fingerprint density at radius 3 is 3.26 bits per heavy atom. The van der Waals surface area contributed by atoms with Crippen molar-refractivity contribution < 1.29 is 4.74 Å². The van der Waals surface area contributed by atoms with E-state index in [9.17, 15) is 0 Å². The maximum atomic E-state index is 5.69. The first-order valence-corrected chi connectivity index (χ1v) is 6.02. The van der Waals surface area contributed by atoms with Crippen LogP contribution in [-0.4, -0.2) is 4.98 Å². The predicted molar refractivity (Wildman–Crippen MR) is 73.1 cm³/mol. The molecule has 0 saturated carbocycles. The second-order valence-electron chi connectivity index (χ2n) is 4.15. The molecule has 1 aliphatic carbocycles. The first kappa shape index (κ1) is 11.5. The fourth-order valence-electron chi connectivity index (χ4n) is 1.93. The van der Waals surface area contributed by atoms with Gasteiger partial charge in [-0.25, -0.2) is 4.99 Å². The SMILES string of the molecule is C=C1/N=c2/cccn/c2=C/CC2=C(C=C=CC=C2)O1. The minimum Gasteiger partial charge on any atom is -0.439 e. The summed E-state index contributed by atoms with van der Waals surface area (Å²) in [5, 5.41) is 1.62. The topological polar surface area (TPSA) is 34.5 Å². The van der Waals surface area contributed by atoms with Crippen LogP contribution in [-0.2, 0) is 4.74 Å². The Labute approximate surface area is 111 Å². The lowest BCUT2D eigenvalue weighted by Crippen LogP contribution is -2.27. The number of fused-ring (bicyclic) bond motifs is 1. The van der Waals surface area contributed by atoms with Gasteiger partial charge in [0.2, 0.25) is 5.88 Å². The van der Waals surface area contributed by atoms with Crippen molar-refractivity contribution in [3.63, 3.8) is 0 Å². The molecule has 3 nitrogen and oxygen atoms in total. The van der Waals surface area contributed by atoms with Crippen molar-refractivity contribution in [2.75, 3.05) is 0 Å². The number of rotatable bonds is 0. The van der Waals surface area contributed by atoms with Gasteiger partial charge in [-0.3, -0.25) is 4.98 Å². The number of hydrogen-bond acceptors (Lipinski definition) is 3. The fraction of sp³-hybridized carbons (Fsp3) is 0.0625. The van der Waals surface area contributed by atoms with Crippen LogP contribution in [0, 0.1) is 0 Å². The van der Waals surface area contributed by atoms with Crippen LogP contribution in [0.4, 0.5) is 0 Å². The van der Waals surface area contributed by atoms with Crippen molar-refractivity contribution in [1.82, 2.24) is 4.98 Å². The molecule has 19 heavy (non-hydrogen) atoms. The zero-order valence-corrected chi connectivity index (χ0v) is 10.3. The molecule has 3 rings (SSSR count). The highest BCUT2D eigenvalue weighted by molar-refractivity contribution is 5.41. The molecule has 1 aliphatic heterocycles. The Hall–Kier alpha value is -2.64. The maximum Gasteiger partial charge on any atom is 0.212 e. The molecule has 2 aliphatic rings. The lowest BCUT2D eigenvalue weighted by Gasteiger charge is -2.07. The zero-order chi connectivity index (χ0) is 13.1. The molecule has 0 aromatic carbocycles. The summed E-state index contributed by atoms with van der Waals surface area (Å²) in [5.41, 5.74) is 4.08. The number of pyridine rings is 1. The van der Waals surface area contributed by atoms with Gasteiger partial charge in [0.25, 0.3) is 0 Å². The van der Waals surface area contributed by atoms with Gasteiger partial charge in [-0.15, -0.1) is 5.73 Å². The number of allylic oxidation sites excluding steroid dienone is 4. The quantitative estimate of drug-likeness (QED) is 0.657. The standard InChI is InChI=1S/C16H12N2O/c1-12-18-15-7-5-11-17-14(15)10-9-13-6-3-2-4-8-16(13)19-12/h2-3,5-8,10-11H,1,9H2/b14-10+,18-15-. The number of ether oxygens (including phenoxy) is 1. The van der Waals surface area contributed by atoms with Crippen LogP contribution in [0.15, 0.2) is 77.2 Å². The van der Waals surface area contributed by atoms with E-state index in [0.29, 0.717) is 5.88 Å². The molecule has 1 aromatic rings. The second kappa shape index (κ2) is 4.92. The number of nitrogens with zero attached hydrogens (tertiary/aromatic N) is 2. The van der Waals surface area contributed by atoms with E-state index >= 15 is 0 Å². The molecule has 0 amide bonds. The molecule has 3 heteroatoms. The maximum absolute atomic E-state index is 5.69. The Morgan fingerprint density at radius 2 is 2.32 bits per heavy atom. The van der Waals surface area contributed by atoms with Crippen LogP contribution >= 0.6 is 0 Å². The van der Waals surface area contributed by atoms with Gasteiger partial charge < -0.3 is 4.74 Å². The normalized spacial score (nSPS) is 20.5. The summed E-state index contributed by atoms with van der Waals surface area (Å²) in [5.74, 6) is 1.08. The summed E-state index contributed by atoms with van der Waals surface area (Å²) in [6, 6.07) is 3.75. The molecule has 1 aromatic heterocycles. The third-order valence-corrected chi connectivity index (χ3v) is 2.83. The highest BCUT2D eigenvalue weighted by Crippen LogP contribution is 2.19. The van der Waals surface area contributed by atoms with E-state index in [1.54, 1.807) is 12.3 Å². The van der Waals surface area contributed by atoms with Gasteiger partial charge in [-0.2, -0.15) is 0 Å². The van der Waals surface area contributed by atoms with E-state index in [2.05, 4.69) is 22.3 Å². The lowest BCUT2D eigenvalue weighted by atomic mass is 10.1. The average molecular weight is 248 g/mol. The minimum atomic E-state index is 0.352. The Balaban J connectivity index is 2.18. The van der Waals surface area contributed by atoms with E-state index in [0.717, 1.165) is 28.5 Å². The van der Waals surface area contributed by atoms with E-state index < -0.39 is 0 Å². The van der Waals surface area contributed by atoms with Gasteiger partial charge in [0.05, 0.1) is 10.7 Å². The summed E-state index contributed by atoms with van der Waals surface area (Å²) in [6.07, 6.45) is 12.1. The Bertz CT molecular complexity index is 775. The average Bonchev–Trinajstić information content (AvgIpc) is 2.59. The van der Waals surface area contributed by atoms with Gasteiger partial charge in [0.15, 0.2) is 0 Å². The van der Waals surface area contributed by atoms with Gasteiger partial charge in [0, 0.05) is 12.3 Å². The second-order valence-corrected chi connectivity index (χ2v) is 4.15. The molecule has 0 radical (unpaired) electrons. The van der Waals surface area contributed by atoms with Crippen molar-refractivity contribution in [1.29, 1.82) is 0 Å². The zero-order valence-electron chi connectivity index (χ0n) is 10.3. The van der Waals surface area contributed by atoms with Crippen LogP contribution < -0.4 is 10.7 Å². The fourth-order valence-corrected chi connectivity index (χ4v) is 1.93. The van der Waals surface area contributed by atoms with Crippen molar-refractivity contribution in [2.45, 2.75) is 6.42 Å². The molecule has 92 valence electrons. The summed E-state index contributed by atoms with van der Waals surface area (Å²) in [4.78, 5) is 8.69. The number of hydrogen-bond donors (Lipinski definition) is 0. The summed E-state index contributed by atoms with van der Waals surface area (Å²) in [6.45, 7) is 3.83. The smallest absolute Gasteiger partial charge is 0.212 e. The van der Waals surface area contributed by atoms with Crippen LogP contribution in [0.5, 0.6) is 0 Å². The Kier molecular flexibility index (Phi) is 2.97. The molecule has 2 heterocycles. The van der Waals surface area contributed by atoms with Crippen LogP contribution in [0.25, 0.3) is 6.08 Å². The van der Waals surface area contributed by atoms with Crippen molar-refractivity contribution in [2.24, 2.45) is 4.99 Å².